The Kier molecular flexibility index (Phi) is 10.3. The third-order valence-electron chi connectivity index (χ3n) is 4.35. The van der Waals surface area contributed by atoms with Gasteiger partial charge >= 0.3 is 0 Å². The van der Waals surface area contributed by atoms with Crippen LogP contribution in [0.15, 0.2) is 0 Å². The van der Waals surface area contributed by atoms with E-state index < -0.39 is 6.10 Å². The number of epoxide rings is 3. The molecule has 27 heavy (non-hydrogen) atoms. The van der Waals surface area contributed by atoms with Crippen molar-refractivity contribution in [1.82, 2.24) is 0 Å². The fourth-order valence-electron chi connectivity index (χ4n) is 2.43. The van der Waals surface area contributed by atoms with Crippen molar-refractivity contribution >= 4 is 0 Å². The summed E-state index contributed by atoms with van der Waals surface area (Å²) in [6.45, 7) is 4.54. The van der Waals surface area contributed by atoms with E-state index in [1.54, 1.807) is 0 Å². The normalized spacial score (nSPS) is 26.9. The Labute approximate surface area is 160 Å². The largest absolute Gasteiger partial charge is 0.373 e. The second-order valence-corrected chi connectivity index (χ2v) is 7.05. The van der Waals surface area contributed by atoms with Gasteiger partial charge in [0.2, 0.25) is 0 Å². The van der Waals surface area contributed by atoms with Crippen LogP contribution in [0.1, 0.15) is 38.5 Å². The number of ether oxygens (including phenoxy) is 3. The minimum atomic E-state index is -0.430. The van der Waals surface area contributed by atoms with Crippen molar-refractivity contribution in [3.05, 3.63) is 0 Å². The number of hydrogen-bond acceptors (Lipinski definition) is 9. The molecule has 158 valence electrons. The molecule has 3 heterocycles. The minimum absolute atomic E-state index is 0.199. The van der Waals surface area contributed by atoms with Gasteiger partial charge in [-0.3, -0.25) is 0 Å². The van der Waals surface area contributed by atoms with Crippen molar-refractivity contribution in [2.24, 2.45) is 0 Å². The smallest absolute Gasteiger partial charge is 0.146 e. The summed E-state index contributed by atoms with van der Waals surface area (Å²) in [6.07, 6.45) is 6.48. The summed E-state index contributed by atoms with van der Waals surface area (Å²) < 4.78 is 15.5. The molecule has 0 radical (unpaired) electrons. The predicted octanol–water partition coefficient (Wildman–Crippen LogP) is 1.74. The van der Waals surface area contributed by atoms with Crippen LogP contribution in [-0.4, -0.2) is 77.3 Å². The second kappa shape index (κ2) is 13.0. The summed E-state index contributed by atoms with van der Waals surface area (Å²) in [5.74, 6) is 0. The average Bonchev–Trinajstić information content (AvgIpc) is 3.53. The summed E-state index contributed by atoms with van der Waals surface area (Å²) in [6, 6.07) is 0. The lowest BCUT2D eigenvalue weighted by molar-refractivity contribution is -0.393. The zero-order valence-corrected chi connectivity index (χ0v) is 15.9. The molecule has 3 saturated heterocycles. The third-order valence-corrected chi connectivity index (χ3v) is 4.35. The van der Waals surface area contributed by atoms with Crippen LogP contribution in [0.25, 0.3) is 0 Å². The molecule has 0 spiro atoms. The Balaban J connectivity index is 1.17. The minimum Gasteiger partial charge on any atom is -0.373 e. The highest BCUT2D eigenvalue weighted by atomic mass is 17.2. The quantitative estimate of drug-likeness (QED) is 0.133. The van der Waals surface area contributed by atoms with Crippen LogP contribution in [0, 0.1) is 0 Å². The molecule has 0 aromatic heterocycles. The van der Waals surface area contributed by atoms with E-state index in [0.29, 0.717) is 38.1 Å². The lowest BCUT2D eigenvalue weighted by Crippen LogP contribution is -2.26. The van der Waals surface area contributed by atoms with Crippen LogP contribution >= 0.6 is 0 Å². The lowest BCUT2D eigenvalue weighted by Gasteiger charge is -2.16. The highest BCUT2D eigenvalue weighted by molar-refractivity contribution is 4.68. The summed E-state index contributed by atoms with van der Waals surface area (Å²) in [7, 11) is 0. The van der Waals surface area contributed by atoms with Crippen LogP contribution in [0.2, 0.25) is 0 Å². The first-order valence-electron chi connectivity index (χ1n) is 10.0. The molecule has 3 aliphatic rings. The summed E-state index contributed by atoms with van der Waals surface area (Å²) >= 11 is 0. The molecule has 3 fully saturated rings. The molecule has 0 bridgehead atoms. The fourth-order valence-corrected chi connectivity index (χ4v) is 2.43. The van der Waals surface area contributed by atoms with Gasteiger partial charge in [-0.1, -0.05) is 0 Å². The fraction of sp³-hybridized carbons (Fsp3) is 1.00. The Hall–Kier alpha value is -0.360. The van der Waals surface area contributed by atoms with E-state index in [0.717, 1.165) is 58.3 Å². The molecule has 0 saturated carbocycles. The monoisotopic (exact) mass is 392 g/mol. The molecule has 0 aliphatic carbocycles. The first-order valence-corrected chi connectivity index (χ1v) is 10.0. The molecule has 0 aromatic carbocycles. The van der Waals surface area contributed by atoms with E-state index >= 15 is 0 Å². The van der Waals surface area contributed by atoms with E-state index in [1.807, 2.05) is 0 Å². The topological polar surface area (TPSA) is 93.0 Å². The standard InChI is InChI=1S/C18H32O9/c1(4-15-10-19-15)7-22-25-13-18(27-24-9-3-6-17-12-21-17)14-26-23-8-2-5-16-11-20-16/h15-18H,1-14H2. The molecular formula is C18H32O9. The first-order chi connectivity index (χ1) is 13.4. The molecule has 9 heteroatoms. The van der Waals surface area contributed by atoms with E-state index in [9.17, 15) is 0 Å². The van der Waals surface area contributed by atoms with Gasteiger partial charge in [0.1, 0.15) is 19.3 Å². The van der Waals surface area contributed by atoms with Gasteiger partial charge in [-0.15, -0.1) is 0 Å². The summed E-state index contributed by atoms with van der Waals surface area (Å²) in [5.41, 5.74) is 0. The first kappa shape index (κ1) is 21.4. The molecule has 3 unspecified atom stereocenters. The lowest BCUT2D eigenvalue weighted by atomic mass is 10.3. The maximum Gasteiger partial charge on any atom is 0.146 e. The van der Waals surface area contributed by atoms with E-state index in [-0.39, 0.29) is 13.2 Å². The van der Waals surface area contributed by atoms with Gasteiger partial charge in [-0.2, -0.15) is 0 Å². The Morgan fingerprint density at radius 3 is 1.41 bits per heavy atom. The van der Waals surface area contributed by atoms with Gasteiger partial charge in [-0.05, 0) is 38.5 Å². The highest BCUT2D eigenvalue weighted by Crippen LogP contribution is 2.16. The predicted molar refractivity (Wildman–Crippen MR) is 91.6 cm³/mol. The van der Waals surface area contributed by atoms with Gasteiger partial charge < -0.3 is 14.2 Å². The maximum atomic E-state index is 5.36. The molecular weight excluding hydrogens is 360 g/mol. The zero-order valence-electron chi connectivity index (χ0n) is 15.9. The zero-order chi connectivity index (χ0) is 18.6. The Morgan fingerprint density at radius 2 is 1.00 bits per heavy atom. The van der Waals surface area contributed by atoms with Crippen LogP contribution in [0.3, 0.4) is 0 Å². The van der Waals surface area contributed by atoms with Gasteiger partial charge in [0.15, 0.2) is 0 Å². The van der Waals surface area contributed by atoms with Crippen LogP contribution in [0.5, 0.6) is 0 Å². The summed E-state index contributed by atoms with van der Waals surface area (Å²) in [5, 5.41) is 0. The van der Waals surface area contributed by atoms with Crippen LogP contribution in [-0.2, 0) is 43.5 Å². The van der Waals surface area contributed by atoms with E-state index in [2.05, 4.69) is 0 Å². The van der Waals surface area contributed by atoms with Gasteiger partial charge in [0, 0.05) is 0 Å². The molecule has 3 aliphatic heterocycles. The van der Waals surface area contributed by atoms with Gasteiger partial charge in [0.05, 0.1) is 58.0 Å². The van der Waals surface area contributed by atoms with E-state index in [1.165, 1.54) is 0 Å². The molecule has 3 atom stereocenters. The van der Waals surface area contributed by atoms with Gasteiger partial charge in [-0.25, -0.2) is 29.3 Å². The van der Waals surface area contributed by atoms with Crippen molar-refractivity contribution in [2.45, 2.75) is 62.9 Å². The second-order valence-electron chi connectivity index (χ2n) is 7.05. The summed E-state index contributed by atoms with van der Waals surface area (Å²) in [4.78, 5) is 31.4. The highest BCUT2D eigenvalue weighted by Gasteiger charge is 2.23. The van der Waals surface area contributed by atoms with E-state index in [4.69, 9.17) is 43.5 Å². The van der Waals surface area contributed by atoms with Gasteiger partial charge in [0.25, 0.3) is 0 Å². The number of hydrogen-bond donors (Lipinski definition) is 0. The van der Waals surface area contributed by atoms with Crippen molar-refractivity contribution in [3.63, 3.8) is 0 Å². The van der Waals surface area contributed by atoms with Crippen molar-refractivity contribution in [2.75, 3.05) is 52.9 Å². The van der Waals surface area contributed by atoms with Crippen LogP contribution in [0.4, 0.5) is 0 Å². The third kappa shape index (κ3) is 11.9. The Bertz CT molecular complexity index is 348. The molecule has 3 rings (SSSR count). The van der Waals surface area contributed by atoms with Crippen molar-refractivity contribution in [3.8, 4) is 0 Å². The van der Waals surface area contributed by atoms with Crippen molar-refractivity contribution < 1.29 is 43.5 Å². The number of rotatable bonds is 20. The molecule has 0 amide bonds. The maximum absolute atomic E-state index is 5.36. The molecule has 0 aromatic rings. The van der Waals surface area contributed by atoms with Crippen molar-refractivity contribution in [1.29, 1.82) is 0 Å². The molecule has 9 nitrogen and oxygen atoms in total. The average molecular weight is 392 g/mol. The Morgan fingerprint density at radius 1 is 0.593 bits per heavy atom. The SMILES string of the molecule is C(COOCC(COOCCCC1CO1)OOCCCC1CO1)CC1CO1. The molecule has 0 N–H and O–H groups in total. The van der Waals surface area contributed by atoms with Crippen LogP contribution < -0.4 is 0 Å².